The molecule has 2 aromatic carbocycles. The Morgan fingerprint density at radius 1 is 1.13 bits per heavy atom. The third kappa shape index (κ3) is 6.26. The van der Waals surface area contributed by atoms with Crippen molar-refractivity contribution in [3.05, 3.63) is 65.5 Å². The van der Waals surface area contributed by atoms with Crippen LogP contribution in [0.3, 0.4) is 0 Å². The van der Waals surface area contributed by atoms with Gasteiger partial charge in [-0.3, -0.25) is 4.79 Å². The first kappa shape index (κ1) is 22.2. The Bertz CT molecular complexity index is 809. The summed E-state index contributed by atoms with van der Waals surface area (Å²) in [5.74, 6) is 0.738. The first-order chi connectivity index (χ1) is 14.4. The Hall–Kier alpha value is -2.47. The molecule has 0 bridgehead atoms. The second-order valence-corrected chi connectivity index (χ2v) is 8.25. The Morgan fingerprint density at radius 3 is 2.43 bits per heavy atom. The number of nitrogens with one attached hydrogen (secondary N) is 1. The quantitative estimate of drug-likeness (QED) is 0.704. The van der Waals surface area contributed by atoms with Crippen LogP contribution in [0.25, 0.3) is 0 Å². The van der Waals surface area contributed by atoms with Crippen LogP contribution in [0.4, 0.5) is 8.78 Å². The molecule has 1 amide bonds. The van der Waals surface area contributed by atoms with Gasteiger partial charge in [0.25, 0.3) is 0 Å². The number of alkyl halides is 1. The van der Waals surface area contributed by atoms with Gasteiger partial charge in [0.15, 0.2) is 0 Å². The monoisotopic (exact) mass is 416 g/mol. The van der Waals surface area contributed by atoms with Gasteiger partial charge < -0.3 is 15.0 Å². The van der Waals surface area contributed by atoms with Crippen molar-refractivity contribution in [3.63, 3.8) is 0 Å². The molecule has 1 fully saturated rings. The highest BCUT2D eigenvalue weighted by Crippen LogP contribution is 2.21. The molecule has 2 atom stereocenters. The molecule has 1 aliphatic rings. The zero-order valence-electron chi connectivity index (χ0n) is 17.6. The van der Waals surface area contributed by atoms with Gasteiger partial charge in [0.2, 0.25) is 5.91 Å². The van der Waals surface area contributed by atoms with Crippen LogP contribution in [0.2, 0.25) is 0 Å². The number of ether oxygens (including phenoxy) is 1. The molecule has 0 saturated carbocycles. The van der Waals surface area contributed by atoms with Gasteiger partial charge in [-0.25, -0.2) is 8.78 Å². The number of amides is 1. The molecule has 0 aromatic heterocycles. The SMILES string of the molecule is CC(C)COc1ccc(CC(=O)N(Cc2ccc(F)cc2)[C@@H]2CCNC[C@@H]2F)cc1. The highest BCUT2D eigenvalue weighted by Gasteiger charge is 2.33. The summed E-state index contributed by atoms with van der Waals surface area (Å²) in [6.45, 7) is 5.97. The zero-order chi connectivity index (χ0) is 21.5. The third-order valence-electron chi connectivity index (χ3n) is 5.22. The van der Waals surface area contributed by atoms with Crippen LogP contribution in [0.1, 0.15) is 31.4 Å². The van der Waals surface area contributed by atoms with Crippen molar-refractivity contribution in [2.45, 2.75) is 45.4 Å². The smallest absolute Gasteiger partial charge is 0.227 e. The maximum atomic E-state index is 14.6. The van der Waals surface area contributed by atoms with E-state index in [-0.39, 0.29) is 31.2 Å². The summed E-state index contributed by atoms with van der Waals surface area (Å²) in [4.78, 5) is 14.8. The van der Waals surface area contributed by atoms with Crippen molar-refractivity contribution >= 4 is 5.91 Å². The molecule has 1 N–H and O–H groups in total. The molecule has 1 heterocycles. The normalized spacial score (nSPS) is 19.0. The van der Waals surface area contributed by atoms with Crippen LogP contribution in [0.15, 0.2) is 48.5 Å². The molecule has 6 heteroatoms. The summed E-state index contributed by atoms with van der Waals surface area (Å²) in [7, 11) is 0. The number of hydrogen-bond acceptors (Lipinski definition) is 3. The fourth-order valence-electron chi connectivity index (χ4n) is 3.58. The molecular formula is C24H30F2N2O2. The Labute approximate surface area is 177 Å². The van der Waals surface area contributed by atoms with E-state index < -0.39 is 12.2 Å². The zero-order valence-corrected chi connectivity index (χ0v) is 17.6. The van der Waals surface area contributed by atoms with E-state index in [1.54, 1.807) is 17.0 Å². The molecule has 0 unspecified atom stereocenters. The van der Waals surface area contributed by atoms with Crippen molar-refractivity contribution < 1.29 is 18.3 Å². The first-order valence-corrected chi connectivity index (χ1v) is 10.5. The van der Waals surface area contributed by atoms with E-state index >= 15 is 0 Å². The van der Waals surface area contributed by atoms with Crippen molar-refractivity contribution in [2.75, 3.05) is 19.7 Å². The van der Waals surface area contributed by atoms with E-state index in [4.69, 9.17) is 4.74 Å². The summed E-state index contributed by atoms with van der Waals surface area (Å²) in [5, 5.41) is 3.03. The van der Waals surface area contributed by atoms with Crippen LogP contribution in [-0.4, -0.2) is 42.7 Å². The summed E-state index contributed by atoms with van der Waals surface area (Å²) in [5.41, 5.74) is 1.64. The minimum absolute atomic E-state index is 0.135. The lowest BCUT2D eigenvalue weighted by atomic mass is 10.0. The van der Waals surface area contributed by atoms with Gasteiger partial charge >= 0.3 is 0 Å². The number of nitrogens with zero attached hydrogens (tertiary/aromatic N) is 1. The van der Waals surface area contributed by atoms with Gasteiger partial charge in [-0.15, -0.1) is 0 Å². The van der Waals surface area contributed by atoms with Gasteiger partial charge in [-0.05, 0) is 54.3 Å². The van der Waals surface area contributed by atoms with E-state index in [0.717, 1.165) is 16.9 Å². The maximum Gasteiger partial charge on any atom is 0.227 e. The van der Waals surface area contributed by atoms with Crippen LogP contribution >= 0.6 is 0 Å². The number of carbonyl (C=O) groups is 1. The van der Waals surface area contributed by atoms with E-state index in [1.165, 1.54) is 12.1 Å². The van der Waals surface area contributed by atoms with Gasteiger partial charge in [-0.2, -0.15) is 0 Å². The highest BCUT2D eigenvalue weighted by molar-refractivity contribution is 5.79. The lowest BCUT2D eigenvalue weighted by molar-refractivity contribution is -0.135. The minimum Gasteiger partial charge on any atom is -0.493 e. The molecule has 1 saturated heterocycles. The number of halogens is 2. The Balaban J connectivity index is 1.71. The number of carbonyl (C=O) groups excluding carboxylic acids is 1. The van der Waals surface area contributed by atoms with Crippen molar-refractivity contribution in [2.24, 2.45) is 5.92 Å². The molecule has 162 valence electrons. The third-order valence-corrected chi connectivity index (χ3v) is 5.22. The predicted molar refractivity (Wildman–Crippen MR) is 114 cm³/mol. The van der Waals surface area contributed by atoms with E-state index in [9.17, 15) is 13.6 Å². The molecule has 4 nitrogen and oxygen atoms in total. The number of hydrogen-bond donors (Lipinski definition) is 1. The van der Waals surface area contributed by atoms with Gasteiger partial charge in [0.1, 0.15) is 17.7 Å². The molecule has 0 aliphatic carbocycles. The topological polar surface area (TPSA) is 41.6 Å². The average molecular weight is 417 g/mol. The average Bonchev–Trinajstić information content (AvgIpc) is 2.73. The maximum absolute atomic E-state index is 14.6. The lowest BCUT2D eigenvalue weighted by Gasteiger charge is -2.37. The molecule has 2 aromatic rings. The molecule has 1 aliphatic heterocycles. The van der Waals surface area contributed by atoms with Crippen LogP contribution < -0.4 is 10.1 Å². The fourth-order valence-corrected chi connectivity index (χ4v) is 3.58. The minimum atomic E-state index is -1.13. The largest absolute Gasteiger partial charge is 0.493 e. The summed E-state index contributed by atoms with van der Waals surface area (Å²) in [6.07, 6.45) is -0.395. The van der Waals surface area contributed by atoms with Gasteiger partial charge in [-0.1, -0.05) is 38.1 Å². The van der Waals surface area contributed by atoms with Crippen LogP contribution in [0.5, 0.6) is 5.75 Å². The van der Waals surface area contributed by atoms with E-state index in [1.807, 2.05) is 24.3 Å². The Morgan fingerprint density at radius 2 is 1.80 bits per heavy atom. The van der Waals surface area contributed by atoms with Gasteiger partial charge in [0.05, 0.1) is 19.1 Å². The van der Waals surface area contributed by atoms with Crippen LogP contribution in [-0.2, 0) is 17.8 Å². The summed E-state index contributed by atoms with van der Waals surface area (Å²) < 4.78 is 33.6. The Kier molecular flexibility index (Phi) is 7.80. The standard InChI is InChI=1S/C24H30F2N2O2/c1-17(2)16-30-21-9-5-18(6-10-21)13-24(29)28(23-11-12-27-14-22(23)26)15-19-3-7-20(25)8-4-19/h3-10,17,22-23,27H,11-16H2,1-2H3/t22-,23+/m0/s1. The molecule has 30 heavy (non-hydrogen) atoms. The van der Waals surface area contributed by atoms with Crippen molar-refractivity contribution in [3.8, 4) is 5.75 Å². The molecular weight excluding hydrogens is 386 g/mol. The summed E-state index contributed by atoms with van der Waals surface area (Å²) >= 11 is 0. The highest BCUT2D eigenvalue weighted by atomic mass is 19.1. The lowest BCUT2D eigenvalue weighted by Crippen LogP contribution is -2.53. The van der Waals surface area contributed by atoms with E-state index in [2.05, 4.69) is 19.2 Å². The van der Waals surface area contributed by atoms with Gasteiger partial charge in [0, 0.05) is 13.1 Å². The van der Waals surface area contributed by atoms with Crippen molar-refractivity contribution in [1.82, 2.24) is 10.2 Å². The number of piperidine rings is 1. The first-order valence-electron chi connectivity index (χ1n) is 10.5. The molecule has 3 rings (SSSR count). The number of benzene rings is 2. The second-order valence-electron chi connectivity index (χ2n) is 8.25. The second kappa shape index (κ2) is 10.5. The summed E-state index contributed by atoms with van der Waals surface area (Å²) in [6, 6.07) is 13.0. The van der Waals surface area contributed by atoms with Crippen LogP contribution in [0, 0.1) is 11.7 Å². The van der Waals surface area contributed by atoms with Crippen molar-refractivity contribution in [1.29, 1.82) is 0 Å². The van der Waals surface area contributed by atoms with E-state index in [0.29, 0.717) is 25.5 Å². The molecule has 0 radical (unpaired) electrons. The predicted octanol–water partition coefficient (Wildman–Crippen LogP) is 4.13. The molecule has 0 spiro atoms. The fraction of sp³-hybridized carbons (Fsp3) is 0.458. The number of rotatable bonds is 8.